The maximum Gasteiger partial charge on any atom is 0.249 e. The van der Waals surface area contributed by atoms with Gasteiger partial charge in [-0.25, -0.2) is 9.38 Å². The van der Waals surface area contributed by atoms with Crippen LogP contribution in [-0.4, -0.2) is 61.5 Å². The molecule has 1 saturated heterocycles. The molecular weight excluding hydrogens is 413 g/mol. The lowest BCUT2D eigenvalue weighted by atomic mass is 10.1. The molecule has 168 valence electrons. The van der Waals surface area contributed by atoms with Crippen LogP contribution in [0.3, 0.4) is 0 Å². The molecule has 1 fully saturated rings. The Morgan fingerprint density at radius 2 is 1.75 bits per heavy atom. The molecule has 0 saturated carbocycles. The van der Waals surface area contributed by atoms with E-state index in [1.807, 2.05) is 36.1 Å². The van der Waals surface area contributed by atoms with E-state index in [-0.39, 0.29) is 18.1 Å². The number of carbonyl (C=O) groups is 2. The minimum absolute atomic E-state index is 0.0251. The summed E-state index contributed by atoms with van der Waals surface area (Å²) >= 11 is 0. The van der Waals surface area contributed by atoms with E-state index in [1.54, 1.807) is 0 Å². The maximum absolute atomic E-state index is 13.1. The van der Waals surface area contributed by atoms with Gasteiger partial charge >= 0.3 is 0 Å². The summed E-state index contributed by atoms with van der Waals surface area (Å²) in [5.74, 6) is 0.246. The number of ether oxygens (including phenoxy) is 1. The molecule has 0 bridgehead atoms. The first kappa shape index (κ1) is 21.6. The number of anilines is 2. The first-order valence-electron chi connectivity index (χ1n) is 10.7. The van der Waals surface area contributed by atoms with Crippen LogP contribution in [0.15, 0.2) is 53.5 Å². The van der Waals surface area contributed by atoms with Gasteiger partial charge in [-0.1, -0.05) is 0 Å². The normalized spacial score (nSPS) is 18.6. The minimum Gasteiger partial charge on any atom is -0.494 e. The Kier molecular flexibility index (Phi) is 6.53. The van der Waals surface area contributed by atoms with Crippen molar-refractivity contribution in [3.05, 3.63) is 54.3 Å². The third-order valence-corrected chi connectivity index (χ3v) is 5.41. The Hall–Kier alpha value is -3.62. The summed E-state index contributed by atoms with van der Waals surface area (Å²) in [6, 6.07) is 12.6. The van der Waals surface area contributed by atoms with Crippen LogP contribution in [0.25, 0.3) is 0 Å². The second-order valence-corrected chi connectivity index (χ2v) is 7.62. The molecule has 0 spiro atoms. The van der Waals surface area contributed by atoms with Crippen LogP contribution in [0.4, 0.5) is 15.8 Å². The van der Waals surface area contributed by atoms with Crippen molar-refractivity contribution in [3.63, 3.8) is 0 Å². The highest BCUT2D eigenvalue weighted by molar-refractivity contribution is 6.06. The van der Waals surface area contributed by atoms with Gasteiger partial charge in [0, 0.05) is 37.6 Å². The number of hydrogen-bond donors (Lipinski definition) is 2. The third kappa shape index (κ3) is 5.16. The molecule has 2 aliphatic rings. The number of nitrogens with zero attached hydrogens (tertiary/aromatic N) is 3. The van der Waals surface area contributed by atoms with Crippen molar-refractivity contribution in [1.29, 1.82) is 0 Å². The topological polar surface area (TPSA) is 86.3 Å². The van der Waals surface area contributed by atoms with Crippen LogP contribution in [0.1, 0.15) is 13.3 Å². The van der Waals surface area contributed by atoms with E-state index in [1.165, 1.54) is 24.3 Å². The number of piperazine rings is 1. The summed E-state index contributed by atoms with van der Waals surface area (Å²) in [5.41, 5.74) is 1.57. The molecule has 1 atom stereocenters. The number of benzene rings is 2. The van der Waals surface area contributed by atoms with Gasteiger partial charge in [-0.05, 0) is 55.5 Å². The zero-order chi connectivity index (χ0) is 22.5. The van der Waals surface area contributed by atoms with Gasteiger partial charge in [-0.15, -0.1) is 0 Å². The summed E-state index contributed by atoms with van der Waals surface area (Å²) in [6.07, 6.45) is -0.0251. The van der Waals surface area contributed by atoms with E-state index < -0.39 is 11.9 Å². The smallest absolute Gasteiger partial charge is 0.249 e. The van der Waals surface area contributed by atoms with Gasteiger partial charge in [-0.2, -0.15) is 0 Å². The average Bonchev–Trinajstić information content (AvgIpc) is 2.81. The number of aliphatic imine (C=N–C) groups is 1. The van der Waals surface area contributed by atoms with Crippen LogP contribution < -0.4 is 20.3 Å². The van der Waals surface area contributed by atoms with Crippen molar-refractivity contribution in [1.82, 2.24) is 10.2 Å². The van der Waals surface area contributed by atoms with Crippen molar-refractivity contribution < 1.29 is 18.7 Å². The Labute approximate surface area is 186 Å². The molecule has 2 aliphatic heterocycles. The second-order valence-electron chi connectivity index (χ2n) is 7.62. The molecule has 9 heteroatoms. The number of halogens is 1. The van der Waals surface area contributed by atoms with Crippen molar-refractivity contribution in [2.45, 2.75) is 19.4 Å². The van der Waals surface area contributed by atoms with Crippen LogP contribution >= 0.6 is 0 Å². The molecule has 0 aliphatic carbocycles. The fourth-order valence-corrected chi connectivity index (χ4v) is 3.74. The summed E-state index contributed by atoms with van der Waals surface area (Å²) in [4.78, 5) is 33.6. The Bertz CT molecular complexity index is 986. The van der Waals surface area contributed by atoms with Gasteiger partial charge in [-0.3, -0.25) is 14.9 Å². The molecule has 8 nitrogen and oxygen atoms in total. The molecular formula is C23H26FN5O3. The van der Waals surface area contributed by atoms with Crippen molar-refractivity contribution in [3.8, 4) is 5.75 Å². The van der Waals surface area contributed by atoms with E-state index in [0.717, 1.165) is 24.5 Å². The molecule has 2 amide bonds. The van der Waals surface area contributed by atoms with E-state index in [4.69, 9.17) is 4.74 Å². The average molecular weight is 439 g/mol. The quantitative estimate of drug-likeness (QED) is 0.746. The number of carbonyl (C=O) groups excluding carboxylic acids is 2. The number of nitrogens with one attached hydrogen (secondary N) is 2. The lowest BCUT2D eigenvalue weighted by molar-refractivity contribution is -0.125. The van der Waals surface area contributed by atoms with Crippen LogP contribution in [0.5, 0.6) is 5.75 Å². The van der Waals surface area contributed by atoms with Crippen LogP contribution in [-0.2, 0) is 9.59 Å². The van der Waals surface area contributed by atoms with Gasteiger partial charge in [0.25, 0.3) is 0 Å². The Balaban J connectivity index is 1.37. The van der Waals surface area contributed by atoms with Gasteiger partial charge < -0.3 is 19.9 Å². The van der Waals surface area contributed by atoms with E-state index in [0.29, 0.717) is 31.3 Å². The van der Waals surface area contributed by atoms with Gasteiger partial charge in [0.15, 0.2) is 0 Å². The standard InChI is InChI=1S/C23H26FN5O3/c1-2-32-19-9-7-18(8-10-19)28-11-13-29(14-12-28)23-26-20(15-21(30)27-23)22(31)25-17-5-3-16(24)4-6-17/h3-10,20H,2,11-15H2,1H3,(H,25,31)(H,26,27,30). The van der Waals surface area contributed by atoms with Crippen LogP contribution in [0.2, 0.25) is 0 Å². The van der Waals surface area contributed by atoms with Crippen molar-refractivity contribution in [2.24, 2.45) is 4.99 Å². The van der Waals surface area contributed by atoms with Gasteiger partial charge in [0.1, 0.15) is 17.6 Å². The van der Waals surface area contributed by atoms with Gasteiger partial charge in [0.05, 0.1) is 13.0 Å². The number of amides is 2. The highest BCUT2D eigenvalue weighted by Gasteiger charge is 2.30. The van der Waals surface area contributed by atoms with Crippen LogP contribution in [0, 0.1) is 5.82 Å². The zero-order valence-corrected chi connectivity index (χ0v) is 17.9. The molecule has 2 heterocycles. The summed E-state index contributed by atoms with van der Waals surface area (Å²) in [5, 5.41) is 5.49. The molecule has 2 aromatic carbocycles. The zero-order valence-electron chi connectivity index (χ0n) is 17.9. The molecule has 0 aromatic heterocycles. The fraction of sp³-hybridized carbons (Fsp3) is 0.348. The molecule has 0 radical (unpaired) electrons. The lowest BCUT2D eigenvalue weighted by Gasteiger charge is -2.38. The largest absolute Gasteiger partial charge is 0.494 e. The highest BCUT2D eigenvalue weighted by atomic mass is 19.1. The van der Waals surface area contributed by atoms with E-state index in [9.17, 15) is 14.0 Å². The van der Waals surface area contributed by atoms with Crippen molar-refractivity contribution in [2.75, 3.05) is 43.0 Å². The maximum atomic E-state index is 13.1. The molecule has 1 unspecified atom stereocenters. The molecule has 2 aromatic rings. The first-order chi connectivity index (χ1) is 15.5. The highest BCUT2D eigenvalue weighted by Crippen LogP contribution is 2.21. The Morgan fingerprint density at radius 3 is 2.41 bits per heavy atom. The van der Waals surface area contributed by atoms with Gasteiger partial charge in [0.2, 0.25) is 17.8 Å². The SMILES string of the molecule is CCOc1ccc(N2CCN(C3=NC(C(=O)Nc4ccc(F)cc4)CC(=O)N3)CC2)cc1. The fourth-order valence-electron chi connectivity index (χ4n) is 3.74. The lowest BCUT2D eigenvalue weighted by Crippen LogP contribution is -2.56. The number of guanidine groups is 1. The monoisotopic (exact) mass is 439 g/mol. The number of rotatable bonds is 5. The predicted molar refractivity (Wildman–Crippen MR) is 120 cm³/mol. The molecule has 2 N–H and O–H groups in total. The van der Waals surface area contributed by atoms with E-state index >= 15 is 0 Å². The minimum atomic E-state index is -0.826. The second kappa shape index (κ2) is 9.67. The number of hydrogen-bond acceptors (Lipinski definition) is 6. The summed E-state index contributed by atoms with van der Waals surface area (Å²) < 4.78 is 18.6. The van der Waals surface area contributed by atoms with Crippen molar-refractivity contribution >= 4 is 29.1 Å². The van der Waals surface area contributed by atoms with E-state index in [2.05, 4.69) is 20.5 Å². The third-order valence-electron chi connectivity index (χ3n) is 5.41. The summed E-state index contributed by atoms with van der Waals surface area (Å²) in [6.45, 7) is 5.44. The molecule has 4 rings (SSSR count). The predicted octanol–water partition coefficient (Wildman–Crippen LogP) is 2.23. The first-order valence-corrected chi connectivity index (χ1v) is 10.7. The summed E-state index contributed by atoms with van der Waals surface area (Å²) in [7, 11) is 0. The molecule has 32 heavy (non-hydrogen) atoms. The Morgan fingerprint density at radius 1 is 1.09 bits per heavy atom.